The molecule has 9 nitrogen and oxygen atoms in total. The summed E-state index contributed by atoms with van der Waals surface area (Å²) in [7, 11) is -2.71. The Morgan fingerprint density at radius 2 is 1.88 bits per heavy atom. The van der Waals surface area contributed by atoms with E-state index in [0.29, 0.717) is 0 Å². The molecule has 1 aromatic heterocycles. The molecule has 0 bridgehead atoms. The van der Waals surface area contributed by atoms with E-state index in [4.69, 9.17) is 16.3 Å². The summed E-state index contributed by atoms with van der Waals surface area (Å²) in [6.45, 7) is 3.83. The van der Waals surface area contributed by atoms with Crippen LogP contribution in [0.1, 0.15) is 25.8 Å². The number of aromatic nitrogens is 1. The molecule has 0 radical (unpaired) electrons. The lowest BCUT2D eigenvalue weighted by Crippen LogP contribution is -2.72. The van der Waals surface area contributed by atoms with Crippen molar-refractivity contribution < 1.29 is 22.7 Å². The lowest BCUT2D eigenvalue weighted by atomic mass is 9.98. The first-order valence-electron chi connectivity index (χ1n) is 11.0. The second-order valence-corrected chi connectivity index (χ2v) is 10.9. The Morgan fingerprint density at radius 1 is 1.18 bits per heavy atom. The van der Waals surface area contributed by atoms with Gasteiger partial charge in [-0.25, -0.2) is 8.42 Å². The molecule has 11 heteroatoms. The first-order valence-corrected chi connectivity index (χ1v) is 12.8. The number of nitrogens with zero attached hydrogens (tertiary/aromatic N) is 4. The Kier molecular flexibility index (Phi) is 6.84. The van der Waals surface area contributed by atoms with Crippen molar-refractivity contribution in [2.75, 3.05) is 20.2 Å². The van der Waals surface area contributed by atoms with Crippen molar-refractivity contribution >= 4 is 33.4 Å². The summed E-state index contributed by atoms with van der Waals surface area (Å²) in [5.41, 5.74) is 0.835. The van der Waals surface area contributed by atoms with Crippen molar-refractivity contribution in [3.05, 3.63) is 53.3 Å². The molecular weight excluding hydrogens is 480 g/mol. The van der Waals surface area contributed by atoms with E-state index in [1.165, 1.54) is 28.4 Å². The van der Waals surface area contributed by atoms with Gasteiger partial charge in [0.2, 0.25) is 21.8 Å². The van der Waals surface area contributed by atoms with Crippen LogP contribution >= 0.6 is 11.6 Å². The second kappa shape index (κ2) is 9.52. The smallest absolute Gasteiger partial charge is 0.248 e. The number of carbonyl (C=O) groups excluding carboxylic acids is 2. The van der Waals surface area contributed by atoms with Crippen LogP contribution in [0.25, 0.3) is 0 Å². The lowest BCUT2D eigenvalue weighted by Gasteiger charge is -2.52. The van der Waals surface area contributed by atoms with Crippen LogP contribution in [0.2, 0.25) is 5.02 Å². The molecule has 2 aromatic rings. The van der Waals surface area contributed by atoms with Crippen LogP contribution in [-0.2, 0) is 26.0 Å². The number of fused-ring (bicyclic) bond motifs is 1. The fourth-order valence-corrected chi connectivity index (χ4v) is 6.57. The first kappa shape index (κ1) is 24.4. The standard InChI is InChI=1S/C23H27ClN4O5S/c1-15(2)26-14-21-27(34(31,32)20-13-17(24)4-5-19(20)33-3)11-8-22(29)28(21)18(23(26)30)12-16-6-9-25-10-7-16/h4-7,9-10,13,15,18,21H,8,11-12,14H2,1-3H3. The third kappa shape index (κ3) is 4.37. The lowest BCUT2D eigenvalue weighted by molar-refractivity contribution is -0.166. The Labute approximate surface area is 204 Å². The molecule has 2 amide bonds. The first-order chi connectivity index (χ1) is 16.1. The van der Waals surface area contributed by atoms with E-state index in [9.17, 15) is 18.0 Å². The van der Waals surface area contributed by atoms with E-state index < -0.39 is 22.2 Å². The number of amides is 2. The molecule has 2 saturated heterocycles. The van der Waals surface area contributed by atoms with Gasteiger partial charge in [-0.1, -0.05) is 11.6 Å². The van der Waals surface area contributed by atoms with Crippen molar-refractivity contribution in [2.24, 2.45) is 0 Å². The molecule has 182 valence electrons. The maximum atomic E-state index is 13.8. The van der Waals surface area contributed by atoms with Crippen LogP contribution in [0, 0.1) is 0 Å². The molecule has 34 heavy (non-hydrogen) atoms. The number of carbonyl (C=O) groups is 2. The third-order valence-corrected chi connectivity index (χ3v) is 8.42. The van der Waals surface area contributed by atoms with Gasteiger partial charge in [-0.3, -0.25) is 14.6 Å². The van der Waals surface area contributed by atoms with Gasteiger partial charge in [0.15, 0.2) is 0 Å². The highest BCUT2D eigenvalue weighted by molar-refractivity contribution is 7.89. The van der Waals surface area contributed by atoms with Gasteiger partial charge in [0.05, 0.1) is 13.7 Å². The Bertz CT molecular complexity index is 1190. The molecule has 1 aromatic carbocycles. The van der Waals surface area contributed by atoms with Crippen LogP contribution in [0.15, 0.2) is 47.6 Å². The van der Waals surface area contributed by atoms with E-state index in [1.54, 1.807) is 35.5 Å². The minimum Gasteiger partial charge on any atom is -0.495 e. The summed E-state index contributed by atoms with van der Waals surface area (Å²) >= 11 is 6.12. The van der Waals surface area contributed by atoms with Gasteiger partial charge in [0, 0.05) is 42.8 Å². The number of halogens is 1. The van der Waals surface area contributed by atoms with E-state index >= 15 is 0 Å². The molecular formula is C23H27ClN4O5S. The van der Waals surface area contributed by atoms with Gasteiger partial charge in [0.25, 0.3) is 0 Å². The van der Waals surface area contributed by atoms with E-state index in [0.717, 1.165) is 5.56 Å². The molecule has 2 aliphatic rings. The quantitative estimate of drug-likeness (QED) is 0.595. The number of methoxy groups -OCH3 is 1. The maximum absolute atomic E-state index is 13.8. The zero-order valence-electron chi connectivity index (χ0n) is 19.2. The number of hydrogen-bond acceptors (Lipinski definition) is 6. The number of ether oxygens (including phenoxy) is 1. The zero-order chi connectivity index (χ0) is 24.6. The van der Waals surface area contributed by atoms with E-state index in [-0.39, 0.29) is 59.5 Å². The van der Waals surface area contributed by atoms with E-state index in [1.807, 2.05) is 13.8 Å². The highest BCUT2D eigenvalue weighted by atomic mass is 35.5. The molecule has 4 rings (SSSR count). The number of pyridine rings is 1. The number of rotatable bonds is 6. The zero-order valence-corrected chi connectivity index (χ0v) is 20.8. The molecule has 0 spiro atoms. The topological polar surface area (TPSA) is 100 Å². The van der Waals surface area contributed by atoms with Gasteiger partial charge in [-0.2, -0.15) is 4.31 Å². The predicted molar refractivity (Wildman–Crippen MR) is 126 cm³/mol. The monoisotopic (exact) mass is 506 g/mol. The van der Waals surface area contributed by atoms with Crippen molar-refractivity contribution in [1.82, 2.24) is 19.1 Å². The summed E-state index contributed by atoms with van der Waals surface area (Å²) in [5.74, 6) is -0.282. The molecule has 2 aliphatic heterocycles. The fraction of sp³-hybridized carbons (Fsp3) is 0.435. The predicted octanol–water partition coefficient (Wildman–Crippen LogP) is 2.15. The Hall–Kier alpha value is -2.69. The van der Waals surface area contributed by atoms with Crippen LogP contribution in [0.4, 0.5) is 0 Å². The van der Waals surface area contributed by atoms with Gasteiger partial charge in [-0.15, -0.1) is 0 Å². The SMILES string of the molecule is COc1ccc(Cl)cc1S(=O)(=O)N1CCC(=O)N2C(Cc3ccncc3)C(=O)N(C(C)C)CC21. The van der Waals surface area contributed by atoms with Crippen molar-refractivity contribution in [3.8, 4) is 5.75 Å². The van der Waals surface area contributed by atoms with Crippen molar-refractivity contribution in [2.45, 2.75) is 49.8 Å². The van der Waals surface area contributed by atoms with Crippen molar-refractivity contribution in [3.63, 3.8) is 0 Å². The van der Waals surface area contributed by atoms with E-state index in [2.05, 4.69) is 4.98 Å². The van der Waals surface area contributed by atoms with Crippen LogP contribution in [0.3, 0.4) is 0 Å². The van der Waals surface area contributed by atoms with Crippen LogP contribution in [0.5, 0.6) is 5.75 Å². The summed E-state index contributed by atoms with van der Waals surface area (Å²) < 4.78 is 34.3. The summed E-state index contributed by atoms with van der Waals surface area (Å²) in [6, 6.07) is 6.98. The minimum absolute atomic E-state index is 0.000103. The molecule has 0 saturated carbocycles. The minimum atomic E-state index is -4.10. The second-order valence-electron chi connectivity index (χ2n) is 8.60. The van der Waals surface area contributed by atoms with Gasteiger partial charge >= 0.3 is 0 Å². The molecule has 2 fully saturated rings. The number of sulfonamides is 1. The number of benzene rings is 1. The summed E-state index contributed by atoms with van der Waals surface area (Å²) in [6.07, 6.45) is 2.64. The normalized spacial score (nSPS) is 21.7. The molecule has 2 unspecified atom stereocenters. The maximum Gasteiger partial charge on any atom is 0.248 e. The summed E-state index contributed by atoms with van der Waals surface area (Å²) in [4.78, 5) is 33.6. The Morgan fingerprint density at radius 3 is 2.53 bits per heavy atom. The van der Waals surface area contributed by atoms with Gasteiger partial charge < -0.3 is 14.5 Å². The highest BCUT2D eigenvalue weighted by Crippen LogP contribution is 2.35. The van der Waals surface area contributed by atoms with Gasteiger partial charge in [0.1, 0.15) is 22.9 Å². The van der Waals surface area contributed by atoms with Crippen LogP contribution in [-0.4, -0.2) is 77.8 Å². The Balaban J connectivity index is 1.78. The van der Waals surface area contributed by atoms with Crippen molar-refractivity contribution in [1.29, 1.82) is 0 Å². The molecule has 0 aliphatic carbocycles. The average Bonchev–Trinajstić information content (AvgIpc) is 2.81. The largest absolute Gasteiger partial charge is 0.495 e. The number of piperazine rings is 1. The van der Waals surface area contributed by atoms with Gasteiger partial charge in [-0.05, 0) is 49.7 Å². The summed E-state index contributed by atoms with van der Waals surface area (Å²) in [5, 5.41) is 0.252. The van der Waals surface area contributed by atoms with Crippen LogP contribution < -0.4 is 4.74 Å². The number of hydrogen-bond donors (Lipinski definition) is 0. The molecule has 0 N–H and O–H groups in total. The average molecular weight is 507 g/mol. The third-order valence-electron chi connectivity index (χ3n) is 6.27. The fourth-order valence-electron chi connectivity index (χ4n) is 4.58. The molecule has 2 atom stereocenters. The highest BCUT2D eigenvalue weighted by Gasteiger charge is 2.51. The molecule has 3 heterocycles.